The molecular weight excluding hydrogens is 408 g/mol. The van der Waals surface area contributed by atoms with Crippen molar-refractivity contribution in [2.75, 3.05) is 24.7 Å². The summed E-state index contributed by atoms with van der Waals surface area (Å²) in [5.74, 6) is 1.92. The molecule has 154 valence electrons. The molecule has 0 unspecified atom stereocenters. The van der Waals surface area contributed by atoms with Gasteiger partial charge < -0.3 is 10.2 Å². The third kappa shape index (κ3) is 6.30. The van der Waals surface area contributed by atoms with Crippen LogP contribution in [0.2, 0.25) is 0 Å². The van der Waals surface area contributed by atoms with E-state index in [9.17, 15) is 13.2 Å². The Hall–Kier alpha value is -2.39. The molecule has 1 aliphatic heterocycles. The van der Waals surface area contributed by atoms with Crippen molar-refractivity contribution in [1.29, 1.82) is 0 Å². The van der Waals surface area contributed by atoms with Gasteiger partial charge in [0, 0.05) is 49.8 Å². The van der Waals surface area contributed by atoms with Crippen molar-refractivity contribution in [2.45, 2.75) is 29.9 Å². The van der Waals surface area contributed by atoms with Crippen molar-refractivity contribution in [3.63, 3.8) is 0 Å². The summed E-state index contributed by atoms with van der Waals surface area (Å²) in [6.07, 6.45) is 3.71. The maximum atomic E-state index is 12.4. The van der Waals surface area contributed by atoms with E-state index in [0.29, 0.717) is 30.1 Å². The third-order valence-electron chi connectivity index (χ3n) is 4.45. The molecule has 0 radical (unpaired) electrons. The molecule has 0 bridgehead atoms. The number of aromatic nitrogens is 1. The van der Waals surface area contributed by atoms with Crippen molar-refractivity contribution in [3.8, 4) is 0 Å². The van der Waals surface area contributed by atoms with Crippen LogP contribution in [0, 0.1) is 0 Å². The normalized spacial score (nSPS) is 15.6. The summed E-state index contributed by atoms with van der Waals surface area (Å²) in [7, 11) is -1.90. The van der Waals surface area contributed by atoms with Crippen LogP contribution in [-0.4, -0.2) is 49.4 Å². The lowest BCUT2D eigenvalue weighted by Gasteiger charge is -2.11. The first-order valence-corrected chi connectivity index (χ1v) is 12.0. The van der Waals surface area contributed by atoms with Gasteiger partial charge in [0.2, 0.25) is 5.91 Å². The van der Waals surface area contributed by atoms with Gasteiger partial charge in [-0.3, -0.25) is 9.78 Å². The Bertz CT molecular complexity index is 961. The molecular formula is C20H24N4O3S2. The Kier molecular flexibility index (Phi) is 7.27. The van der Waals surface area contributed by atoms with Gasteiger partial charge in [0.25, 0.3) is 10.0 Å². The number of hydrogen-bond donors (Lipinski definition) is 1. The number of carbonyl (C=O) groups excluding carboxylic acids is 1. The highest BCUT2D eigenvalue weighted by molar-refractivity contribution is 7.98. The fourth-order valence-corrected chi connectivity index (χ4v) is 4.81. The monoisotopic (exact) mass is 432 g/mol. The van der Waals surface area contributed by atoms with Crippen LogP contribution in [0.25, 0.3) is 0 Å². The maximum Gasteiger partial charge on any atom is 0.283 e. The minimum Gasteiger partial charge on any atom is -0.362 e. The second kappa shape index (κ2) is 9.89. The number of pyridine rings is 1. The summed E-state index contributed by atoms with van der Waals surface area (Å²) in [6.45, 7) is 0.819. The molecule has 1 aromatic carbocycles. The van der Waals surface area contributed by atoms with Gasteiger partial charge in [-0.2, -0.15) is 20.2 Å². The predicted octanol–water partition coefficient (Wildman–Crippen LogP) is 3.16. The fourth-order valence-electron chi connectivity index (χ4n) is 2.86. The number of nitrogens with one attached hydrogen (secondary N) is 1. The van der Waals surface area contributed by atoms with Crippen molar-refractivity contribution < 1.29 is 13.2 Å². The number of amides is 1. The number of carbonyl (C=O) groups is 1. The number of benzene rings is 1. The maximum absolute atomic E-state index is 12.4. The SMILES string of the molecule is CN1CCC/C1=N\S(=O)(=O)c1ccc(NC(=O)CCSCc2ccccn2)cc1. The lowest BCUT2D eigenvalue weighted by Crippen LogP contribution is -2.20. The first kappa shape index (κ1) is 21.3. The molecule has 9 heteroatoms. The molecule has 3 rings (SSSR count). The van der Waals surface area contributed by atoms with Crippen LogP contribution in [0.5, 0.6) is 0 Å². The Labute approximate surface area is 175 Å². The molecule has 1 fully saturated rings. The first-order valence-electron chi connectivity index (χ1n) is 9.36. The van der Waals surface area contributed by atoms with E-state index in [0.717, 1.165) is 24.4 Å². The van der Waals surface area contributed by atoms with Gasteiger partial charge in [0.15, 0.2) is 0 Å². The number of nitrogens with zero attached hydrogens (tertiary/aromatic N) is 3. The van der Waals surface area contributed by atoms with Crippen LogP contribution < -0.4 is 5.32 Å². The highest BCUT2D eigenvalue weighted by atomic mass is 32.2. The molecule has 0 atom stereocenters. The third-order valence-corrected chi connectivity index (χ3v) is 6.76. The molecule has 1 saturated heterocycles. The van der Waals surface area contributed by atoms with Crippen molar-refractivity contribution in [2.24, 2.45) is 4.40 Å². The molecule has 0 spiro atoms. The average Bonchev–Trinajstić information content (AvgIpc) is 3.10. The van der Waals surface area contributed by atoms with Crippen molar-refractivity contribution in [3.05, 3.63) is 54.4 Å². The van der Waals surface area contributed by atoms with E-state index in [4.69, 9.17) is 0 Å². The molecule has 1 aromatic heterocycles. The van der Waals surface area contributed by atoms with Crippen molar-refractivity contribution in [1.82, 2.24) is 9.88 Å². The Morgan fingerprint density at radius 1 is 1.24 bits per heavy atom. The quantitative estimate of drug-likeness (QED) is 0.644. The summed E-state index contributed by atoms with van der Waals surface area (Å²) in [6, 6.07) is 11.9. The molecule has 1 N–H and O–H groups in total. The zero-order chi connectivity index (χ0) is 20.7. The number of rotatable bonds is 8. The van der Waals surface area contributed by atoms with Crippen LogP contribution in [-0.2, 0) is 20.6 Å². The molecule has 29 heavy (non-hydrogen) atoms. The van der Waals surface area contributed by atoms with E-state index < -0.39 is 10.0 Å². The van der Waals surface area contributed by atoms with Gasteiger partial charge in [-0.1, -0.05) is 6.07 Å². The van der Waals surface area contributed by atoms with Gasteiger partial charge in [-0.05, 0) is 42.8 Å². The number of thioether (sulfide) groups is 1. The summed E-state index contributed by atoms with van der Waals surface area (Å²) in [5, 5.41) is 2.79. The summed E-state index contributed by atoms with van der Waals surface area (Å²) >= 11 is 1.64. The molecule has 1 amide bonds. The molecule has 0 saturated carbocycles. The van der Waals surface area contributed by atoms with Gasteiger partial charge in [0.05, 0.1) is 10.6 Å². The van der Waals surface area contributed by atoms with E-state index in [1.165, 1.54) is 12.1 Å². The lowest BCUT2D eigenvalue weighted by molar-refractivity contribution is -0.115. The molecule has 7 nitrogen and oxygen atoms in total. The summed E-state index contributed by atoms with van der Waals surface area (Å²) < 4.78 is 28.8. The zero-order valence-corrected chi connectivity index (χ0v) is 17.9. The fraction of sp³-hybridized carbons (Fsp3) is 0.350. The molecule has 1 aliphatic rings. The second-order valence-electron chi connectivity index (χ2n) is 6.70. The number of amidine groups is 1. The number of anilines is 1. The zero-order valence-electron chi connectivity index (χ0n) is 16.2. The van der Waals surface area contributed by atoms with Crippen molar-refractivity contribution >= 4 is 39.2 Å². The topological polar surface area (TPSA) is 91.7 Å². The van der Waals surface area contributed by atoms with Gasteiger partial charge >= 0.3 is 0 Å². The lowest BCUT2D eigenvalue weighted by atomic mass is 10.3. The van der Waals surface area contributed by atoms with E-state index in [-0.39, 0.29) is 10.8 Å². The molecule has 0 aliphatic carbocycles. The second-order valence-corrected chi connectivity index (χ2v) is 9.41. The van der Waals surface area contributed by atoms with Crippen LogP contribution in [0.15, 0.2) is 58.0 Å². The summed E-state index contributed by atoms with van der Waals surface area (Å²) in [4.78, 5) is 18.3. The molecule has 2 aromatic rings. The molecule has 2 heterocycles. The average molecular weight is 433 g/mol. The van der Waals surface area contributed by atoms with Gasteiger partial charge in [-0.15, -0.1) is 4.40 Å². The minimum atomic E-state index is -3.74. The Balaban J connectivity index is 1.49. The standard InChI is InChI=1S/C20H24N4O3S2/c1-24-13-4-6-19(24)23-29(26,27)18-9-7-16(8-10-18)22-20(25)11-14-28-15-17-5-2-3-12-21-17/h2-3,5,7-10,12H,4,6,11,13-15H2,1H3,(H,22,25)/b23-19+. The number of sulfonamides is 1. The van der Waals surface area contributed by atoms with Crippen LogP contribution in [0.3, 0.4) is 0 Å². The highest BCUT2D eigenvalue weighted by Crippen LogP contribution is 2.19. The van der Waals surface area contributed by atoms with Crippen LogP contribution >= 0.6 is 11.8 Å². The van der Waals surface area contributed by atoms with Gasteiger partial charge in [-0.25, -0.2) is 0 Å². The first-order chi connectivity index (χ1) is 13.9. The number of likely N-dealkylation sites (tertiary alicyclic amines) is 1. The summed E-state index contributed by atoms with van der Waals surface area (Å²) in [5.41, 5.74) is 1.55. The number of hydrogen-bond acceptors (Lipinski definition) is 5. The highest BCUT2D eigenvalue weighted by Gasteiger charge is 2.20. The van der Waals surface area contributed by atoms with E-state index in [1.54, 1.807) is 30.1 Å². The Morgan fingerprint density at radius 2 is 2.03 bits per heavy atom. The van der Waals surface area contributed by atoms with Crippen LogP contribution in [0.1, 0.15) is 25.0 Å². The van der Waals surface area contributed by atoms with E-state index in [2.05, 4.69) is 14.7 Å². The van der Waals surface area contributed by atoms with Gasteiger partial charge in [0.1, 0.15) is 5.84 Å². The minimum absolute atomic E-state index is 0.109. The Morgan fingerprint density at radius 3 is 2.69 bits per heavy atom. The smallest absolute Gasteiger partial charge is 0.283 e. The van der Waals surface area contributed by atoms with E-state index in [1.807, 2.05) is 30.1 Å². The van der Waals surface area contributed by atoms with Crippen LogP contribution in [0.4, 0.5) is 5.69 Å². The predicted molar refractivity (Wildman–Crippen MR) is 117 cm³/mol. The van der Waals surface area contributed by atoms with E-state index >= 15 is 0 Å². The largest absolute Gasteiger partial charge is 0.362 e.